The first kappa shape index (κ1) is 14.7. The summed E-state index contributed by atoms with van der Waals surface area (Å²) in [6.07, 6.45) is -4.36. The summed E-state index contributed by atoms with van der Waals surface area (Å²) in [5.74, 6) is 0. The molecule has 0 spiro atoms. The van der Waals surface area contributed by atoms with E-state index in [0.717, 1.165) is 6.07 Å². The van der Waals surface area contributed by atoms with Crippen molar-refractivity contribution in [3.8, 4) is 0 Å². The molecule has 1 atom stereocenters. The normalized spacial score (nSPS) is 13.1. The lowest BCUT2D eigenvalue weighted by molar-refractivity contribution is -0.138. The van der Waals surface area contributed by atoms with Crippen molar-refractivity contribution >= 4 is 17.3 Å². The zero-order chi connectivity index (χ0) is 14.8. The zero-order valence-electron chi connectivity index (χ0n) is 10.7. The number of hydrogen-bond donors (Lipinski definition) is 1. The van der Waals surface area contributed by atoms with E-state index in [0.29, 0.717) is 10.7 Å². The fourth-order valence-corrected chi connectivity index (χ4v) is 2.23. The predicted molar refractivity (Wildman–Crippen MR) is 74.9 cm³/mol. The van der Waals surface area contributed by atoms with Crippen LogP contribution in [-0.2, 0) is 6.18 Å². The van der Waals surface area contributed by atoms with Gasteiger partial charge >= 0.3 is 6.18 Å². The molecule has 0 radical (unpaired) electrons. The van der Waals surface area contributed by atoms with Gasteiger partial charge in [-0.15, -0.1) is 0 Å². The summed E-state index contributed by atoms with van der Waals surface area (Å²) in [5, 5.41) is 3.56. The third-order valence-electron chi connectivity index (χ3n) is 2.94. The van der Waals surface area contributed by atoms with Gasteiger partial charge in [-0.1, -0.05) is 35.9 Å². The molecule has 2 aromatic carbocycles. The molecule has 0 amide bonds. The molecule has 20 heavy (non-hydrogen) atoms. The highest BCUT2D eigenvalue weighted by Crippen LogP contribution is 2.35. The van der Waals surface area contributed by atoms with Crippen LogP contribution < -0.4 is 5.32 Å². The van der Waals surface area contributed by atoms with Gasteiger partial charge < -0.3 is 5.32 Å². The molecule has 0 saturated heterocycles. The van der Waals surface area contributed by atoms with Crippen molar-refractivity contribution in [1.82, 2.24) is 0 Å². The number of hydrogen-bond acceptors (Lipinski definition) is 1. The van der Waals surface area contributed by atoms with Crippen LogP contribution in [0.15, 0.2) is 48.5 Å². The van der Waals surface area contributed by atoms with Crippen molar-refractivity contribution in [3.63, 3.8) is 0 Å². The van der Waals surface area contributed by atoms with Crippen LogP contribution in [0.1, 0.15) is 24.1 Å². The number of nitrogens with one attached hydrogen (secondary N) is 1. The van der Waals surface area contributed by atoms with Crippen molar-refractivity contribution in [2.45, 2.75) is 19.1 Å². The Morgan fingerprint density at radius 1 is 1.05 bits per heavy atom. The Bertz CT molecular complexity index is 596. The number of anilines is 1. The SMILES string of the molecule is CC(Nc1cccc(Cl)c1)c1ccccc1C(F)(F)F. The van der Waals surface area contributed by atoms with E-state index in [2.05, 4.69) is 5.32 Å². The molecule has 0 aliphatic rings. The molecule has 0 aliphatic heterocycles. The monoisotopic (exact) mass is 299 g/mol. The van der Waals surface area contributed by atoms with E-state index >= 15 is 0 Å². The van der Waals surface area contributed by atoms with E-state index in [9.17, 15) is 13.2 Å². The van der Waals surface area contributed by atoms with Crippen molar-refractivity contribution in [2.75, 3.05) is 5.32 Å². The van der Waals surface area contributed by atoms with Gasteiger partial charge in [0.2, 0.25) is 0 Å². The molecule has 5 heteroatoms. The second kappa shape index (κ2) is 5.75. The van der Waals surface area contributed by atoms with E-state index < -0.39 is 17.8 Å². The minimum Gasteiger partial charge on any atom is -0.378 e. The Labute approximate surface area is 120 Å². The fourth-order valence-electron chi connectivity index (χ4n) is 2.04. The van der Waals surface area contributed by atoms with E-state index in [-0.39, 0.29) is 5.56 Å². The number of rotatable bonds is 3. The van der Waals surface area contributed by atoms with Crippen molar-refractivity contribution in [2.24, 2.45) is 0 Å². The van der Waals surface area contributed by atoms with Gasteiger partial charge in [-0.05, 0) is 36.8 Å². The van der Waals surface area contributed by atoms with Gasteiger partial charge in [-0.2, -0.15) is 13.2 Å². The maximum Gasteiger partial charge on any atom is 0.416 e. The average Bonchev–Trinajstić information content (AvgIpc) is 2.37. The minimum absolute atomic E-state index is 0.208. The lowest BCUT2D eigenvalue weighted by Crippen LogP contribution is -2.15. The Kier molecular flexibility index (Phi) is 4.23. The third-order valence-corrected chi connectivity index (χ3v) is 3.18. The summed E-state index contributed by atoms with van der Waals surface area (Å²) >= 11 is 5.86. The first-order valence-electron chi connectivity index (χ1n) is 6.06. The van der Waals surface area contributed by atoms with Gasteiger partial charge in [0, 0.05) is 16.8 Å². The van der Waals surface area contributed by atoms with Crippen LogP contribution in [0.2, 0.25) is 5.02 Å². The Balaban J connectivity index is 2.28. The first-order valence-corrected chi connectivity index (χ1v) is 6.44. The molecule has 2 rings (SSSR count). The maximum atomic E-state index is 13.0. The lowest BCUT2D eigenvalue weighted by atomic mass is 10.0. The van der Waals surface area contributed by atoms with Crippen LogP contribution in [0.5, 0.6) is 0 Å². The van der Waals surface area contributed by atoms with Crippen molar-refractivity contribution in [1.29, 1.82) is 0 Å². The summed E-state index contributed by atoms with van der Waals surface area (Å²) in [5.41, 5.74) is 0.268. The molecule has 0 fully saturated rings. The van der Waals surface area contributed by atoms with Gasteiger partial charge in [-0.25, -0.2) is 0 Å². The molecule has 0 saturated carbocycles. The number of alkyl halides is 3. The predicted octanol–water partition coefficient (Wildman–Crippen LogP) is 5.53. The van der Waals surface area contributed by atoms with Gasteiger partial charge in [0.1, 0.15) is 0 Å². The Morgan fingerprint density at radius 3 is 2.40 bits per heavy atom. The maximum absolute atomic E-state index is 13.0. The second-order valence-corrected chi connectivity index (χ2v) is 4.90. The van der Waals surface area contributed by atoms with Crippen molar-refractivity contribution in [3.05, 3.63) is 64.7 Å². The van der Waals surface area contributed by atoms with Crippen LogP contribution in [0.3, 0.4) is 0 Å². The molecule has 1 N–H and O–H groups in total. The van der Waals surface area contributed by atoms with Gasteiger partial charge in [-0.3, -0.25) is 0 Å². The highest BCUT2D eigenvalue weighted by atomic mass is 35.5. The molecule has 106 valence electrons. The number of halogens is 4. The van der Waals surface area contributed by atoms with E-state index in [1.807, 2.05) is 0 Å². The highest BCUT2D eigenvalue weighted by molar-refractivity contribution is 6.30. The average molecular weight is 300 g/mol. The fraction of sp³-hybridized carbons (Fsp3) is 0.200. The minimum atomic E-state index is -4.36. The first-order chi connectivity index (χ1) is 9.38. The topological polar surface area (TPSA) is 12.0 Å². The zero-order valence-corrected chi connectivity index (χ0v) is 11.5. The summed E-state index contributed by atoms with van der Waals surface area (Å²) in [6.45, 7) is 1.69. The Hall–Kier alpha value is -1.68. The van der Waals surface area contributed by atoms with Crippen LogP contribution in [0, 0.1) is 0 Å². The van der Waals surface area contributed by atoms with E-state index in [1.165, 1.54) is 12.1 Å². The Morgan fingerprint density at radius 2 is 1.75 bits per heavy atom. The van der Waals surface area contributed by atoms with E-state index in [4.69, 9.17) is 11.6 Å². The molecular weight excluding hydrogens is 287 g/mol. The van der Waals surface area contributed by atoms with Gasteiger partial charge in [0.15, 0.2) is 0 Å². The second-order valence-electron chi connectivity index (χ2n) is 4.46. The summed E-state index contributed by atoms with van der Waals surface area (Å²) in [7, 11) is 0. The molecule has 0 aromatic heterocycles. The van der Waals surface area contributed by atoms with Crippen LogP contribution in [-0.4, -0.2) is 0 Å². The van der Waals surface area contributed by atoms with Crippen LogP contribution in [0.4, 0.5) is 18.9 Å². The summed E-state index contributed by atoms with van der Waals surface area (Å²) in [4.78, 5) is 0. The number of benzene rings is 2. The standard InChI is InChI=1S/C15H13ClF3N/c1-10(20-12-6-4-5-11(16)9-12)13-7-2-3-8-14(13)15(17,18)19/h2-10,20H,1H3. The molecular formula is C15H13ClF3N. The smallest absolute Gasteiger partial charge is 0.378 e. The third kappa shape index (κ3) is 3.45. The molecule has 1 nitrogen and oxygen atoms in total. The lowest BCUT2D eigenvalue weighted by Gasteiger charge is -2.20. The van der Waals surface area contributed by atoms with Crippen LogP contribution >= 0.6 is 11.6 Å². The molecule has 1 unspecified atom stereocenters. The summed E-state index contributed by atoms with van der Waals surface area (Å²) < 4.78 is 38.9. The quantitative estimate of drug-likeness (QED) is 0.785. The van der Waals surface area contributed by atoms with Gasteiger partial charge in [0.25, 0.3) is 0 Å². The summed E-state index contributed by atoms with van der Waals surface area (Å²) in [6, 6.07) is 12.0. The van der Waals surface area contributed by atoms with E-state index in [1.54, 1.807) is 37.3 Å². The molecule has 0 bridgehead atoms. The van der Waals surface area contributed by atoms with Gasteiger partial charge in [0.05, 0.1) is 5.56 Å². The largest absolute Gasteiger partial charge is 0.416 e. The van der Waals surface area contributed by atoms with Crippen LogP contribution in [0.25, 0.3) is 0 Å². The molecule has 2 aromatic rings. The highest BCUT2D eigenvalue weighted by Gasteiger charge is 2.34. The molecule has 0 heterocycles. The van der Waals surface area contributed by atoms with Crippen molar-refractivity contribution < 1.29 is 13.2 Å². The molecule has 0 aliphatic carbocycles.